The van der Waals surface area contributed by atoms with E-state index in [1.54, 1.807) is 0 Å². The molecule has 2 rings (SSSR count). The molecule has 0 radical (unpaired) electrons. The minimum atomic E-state index is 0.0156. The van der Waals surface area contributed by atoms with Gasteiger partial charge in [-0.05, 0) is 38.4 Å². The molecule has 1 aromatic rings. The van der Waals surface area contributed by atoms with Crippen LogP contribution in [0.25, 0.3) is 0 Å². The molecular formula is C14H22N2. The van der Waals surface area contributed by atoms with Crippen LogP contribution < -0.4 is 5.73 Å². The molecule has 2 nitrogen and oxygen atoms in total. The minimum absolute atomic E-state index is 0.0156. The van der Waals surface area contributed by atoms with Gasteiger partial charge in [0.2, 0.25) is 0 Å². The van der Waals surface area contributed by atoms with Gasteiger partial charge in [0.25, 0.3) is 0 Å². The molecule has 0 spiro atoms. The fraction of sp³-hybridized carbons (Fsp3) is 0.571. The molecule has 1 aliphatic heterocycles. The van der Waals surface area contributed by atoms with E-state index in [-0.39, 0.29) is 5.54 Å². The number of piperidine rings is 1. The van der Waals surface area contributed by atoms with Crippen LogP contribution in [-0.2, 0) is 5.54 Å². The van der Waals surface area contributed by atoms with Crippen molar-refractivity contribution in [3.63, 3.8) is 0 Å². The second kappa shape index (κ2) is 4.98. The van der Waals surface area contributed by atoms with Crippen LogP contribution >= 0.6 is 0 Å². The van der Waals surface area contributed by atoms with Gasteiger partial charge in [0.15, 0.2) is 0 Å². The molecule has 88 valence electrons. The van der Waals surface area contributed by atoms with Crippen LogP contribution in [-0.4, -0.2) is 24.5 Å². The fourth-order valence-electron chi connectivity index (χ4n) is 2.61. The fourth-order valence-corrected chi connectivity index (χ4v) is 2.61. The summed E-state index contributed by atoms with van der Waals surface area (Å²) in [6.45, 7) is 5.33. The molecule has 2 N–H and O–H groups in total. The molecule has 1 aromatic carbocycles. The van der Waals surface area contributed by atoms with E-state index in [2.05, 4.69) is 42.2 Å². The van der Waals surface area contributed by atoms with E-state index in [9.17, 15) is 0 Å². The summed E-state index contributed by atoms with van der Waals surface area (Å²) < 4.78 is 0. The van der Waals surface area contributed by atoms with Gasteiger partial charge in [-0.15, -0.1) is 0 Å². The van der Waals surface area contributed by atoms with E-state index in [1.807, 2.05) is 0 Å². The van der Waals surface area contributed by atoms with Crippen LogP contribution in [0.2, 0.25) is 0 Å². The van der Waals surface area contributed by atoms with E-state index in [0.717, 1.165) is 0 Å². The van der Waals surface area contributed by atoms with E-state index >= 15 is 0 Å². The van der Waals surface area contributed by atoms with Crippen molar-refractivity contribution >= 4 is 0 Å². The molecule has 0 aromatic heterocycles. The van der Waals surface area contributed by atoms with Gasteiger partial charge in [-0.25, -0.2) is 0 Å². The Hall–Kier alpha value is -0.860. The lowest BCUT2D eigenvalue weighted by Crippen LogP contribution is -2.51. The lowest BCUT2D eigenvalue weighted by Gasteiger charge is -2.43. The number of nitrogens with two attached hydrogens (primary N) is 1. The van der Waals surface area contributed by atoms with Crippen LogP contribution in [0.4, 0.5) is 0 Å². The van der Waals surface area contributed by atoms with Crippen molar-refractivity contribution < 1.29 is 0 Å². The van der Waals surface area contributed by atoms with E-state index in [4.69, 9.17) is 5.73 Å². The number of benzene rings is 1. The molecule has 1 aliphatic rings. The maximum atomic E-state index is 6.03. The van der Waals surface area contributed by atoms with Gasteiger partial charge in [-0.1, -0.05) is 36.8 Å². The van der Waals surface area contributed by atoms with Crippen molar-refractivity contribution in [3.05, 3.63) is 35.9 Å². The number of rotatable bonds is 3. The monoisotopic (exact) mass is 218 g/mol. The zero-order valence-electron chi connectivity index (χ0n) is 10.2. The van der Waals surface area contributed by atoms with Crippen LogP contribution in [0.3, 0.4) is 0 Å². The number of hydrogen-bond donors (Lipinski definition) is 1. The van der Waals surface area contributed by atoms with Crippen LogP contribution in [0.1, 0.15) is 31.7 Å². The predicted octanol–water partition coefficient (Wildman–Crippen LogP) is 2.35. The van der Waals surface area contributed by atoms with Gasteiger partial charge < -0.3 is 5.73 Å². The zero-order chi connectivity index (χ0) is 11.4. The Bertz CT molecular complexity index is 317. The first-order chi connectivity index (χ1) is 7.77. The van der Waals surface area contributed by atoms with Crippen LogP contribution in [0.15, 0.2) is 30.3 Å². The van der Waals surface area contributed by atoms with Gasteiger partial charge in [0.1, 0.15) is 0 Å². The van der Waals surface area contributed by atoms with Gasteiger partial charge in [-0.2, -0.15) is 0 Å². The third kappa shape index (κ3) is 2.13. The molecule has 1 heterocycles. The third-order valence-corrected chi connectivity index (χ3v) is 3.85. The highest BCUT2D eigenvalue weighted by atomic mass is 15.2. The highest BCUT2D eigenvalue weighted by Crippen LogP contribution is 2.29. The van der Waals surface area contributed by atoms with Crippen molar-refractivity contribution in [1.29, 1.82) is 0 Å². The van der Waals surface area contributed by atoms with Crippen molar-refractivity contribution in [1.82, 2.24) is 4.90 Å². The number of likely N-dealkylation sites (tertiary alicyclic amines) is 1. The van der Waals surface area contributed by atoms with Gasteiger partial charge in [-0.3, -0.25) is 4.90 Å². The smallest absolute Gasteiger partial charge is 0.0555 e. The molecule has 16 heavy (non-hydrogen) atoms. The first kappa shape index (κ1) is 11.6. The molecule has 0 saturated carbocycles. The third-order valence-electron chi connectivity index (χ3n) is 3.85. The Morgan fingerprint density at radius 1 is 1.12 bits per heavy atom. The Kier molecular flexibility index (Phi) is 3.62. The van der Waals surface area contributed by atoms with E-state index < -0.39 is 0 Å². The Balaban J connectivity index is 2.24. The second-order valence-corrected chi connectivity index (χ2v) is 4.89. The van der Waals surface area contributed by atoms with Crippen LogP contribution in [0, 0.1) is 0 Å². The molecule has 0 bridgehead atoms. The van der Waals surface area contributed by atoms with Crippen molar-refractivity contribution in [3.8, 4) is 0 Å². The molecule has 0 amide bonds. The summed E-state index contributed by atoms with van der Waals surface area (Å²) in [7, 11) is 0. The standard InChI is InChI=1S/C14H22N2/c1-14(12-15,13-8-4-2-5-9-13)16-10-6-3-7-11-16/h2,4-5,8-9H,3,6-7,10-12,15H2,1H3/t14-/m0/s1. The van der Waals surface area contributed by atoms with E-state index in [0.29, 0.717) is 6.54 Å². The van der Waals surface area contributed by atoms with Crippen LogP contribution in [0.5, 0.6) is 0 Å². The first-order valence-electron chi connectivity index (χ1n) is 6.28. The second-order valence-electron chi connectivity index (χ2n) is 4.89. The van der Waals surface area contributed by atoms with Crippen molar-refractivity contribution in [2.45, 2.75) is 31.7 Å². The Morgan fingerprint density at radius 3 is 2.31 bits per heavy atom. The number of hydrogen-bond acceptors (Lipinski definition) is 2. The van der Waals surface area contributed by atoms with Crippen molar-refractivity contribution in [2.24, 2.45) is 5.73 Å². The topological polar surface area (TPSA) is 29.3 Å². The summed E-state index contributed by atoms with van der Waals surface area (Å²) in [6, 6.07) is 10.7. The number of nitrogens with zero attached hydrogens (tertiary/aromatic N) is 1. The lowest BCUT2D eigenvalue weighted by molar-refractivity contribution is 0.0855. The highest BCUT2D eigenvalue weighted by Gasteiger charge is 2.32. The van der Waals surface area contributed by atoms with Gasteiger partial charge >= 0.3 is 0 Å². The van der Waals surface area contributed by atoms with Gasteiger partial charge in [0.05, 0.1) is 5.54 Å². The lowest BCUT2D eigenvalue weighted by atomic mass is 9.88. The maximum Gasteiger partial charge on any atom is 0.0555 e. The minimum Gasteiger partial charge on any atom is -0.328 e. The summed E-state index contributed by atoms with van der Waals surface area (Å²) >= 11 is 0. The predicted molar refractivity (Wildman–Crippen MR) is 68.3 cm³/mol. The molecule has 1 saturated heterocycles. The van der Waals surface area contributed by atoms with Gasteiger partial charge in [0, 0.05) is 6.54 Å². The molecule has 0 unspecified atom stereocenters. The summed E-state index contributed by atoms with van der Waals surface area (Å²) in [5, 5.41) is 0. The molecule has 0 aliphatic carbocycles. The van der Waals surface area contributed by atoms with E-state index in [1.165, 1.54) is 37.9 Å². The summed E-state index contributed by atoms with van der Waals surface area (Å²) in [5.74, 6) is 0. The molecular weight excluding hydrogens is 196 g/mol. The summed E-state index contributed by atoms with van der Waals surface area (Å²) in [6.07, 6.45) is 3.98. The molecule has 2 heteroatoms. The maximum absolute atomic E-state index is 6.03. The summed E-state index contributed by atoms with van der Waals surface area (Å²) in [5.41, 5.74) is 7.39. The zero-order valence-corrected chi connectivity index (χ0v) is 10.2. The van der Waals surface area contributed by atoms with Crippen molar-refractivity contribution in [2.75, 3.05) is 19.6 Å². The Labute approximate surface area is 98.4 Å². The molecule has 1 atom stereocenters. The SMILES string of the molecule is C[C@](CN)(c1ccccc1)N1CCCCC1. The average molecular weight is 218 g/mol. The highest BCUT2D eigenvalue weighted by molar-refractivity contribution is 5.24. The normalized spacial score (nSPS) is 21.6. The Morgan fingerprint density at radius 2 is 1.75 bits per heavy atom. The quantitative estimate of drug-likeness (QED) is 0.844. The summed E-state index contributed by atoms with van der Waals surface area (Å²) in [4.78, 5) is 2.55. The molecule has 1 fully saturated rings. The first-order valence-corrected chi connectivity index (χ1v) is 6.28. The average Bonchev–Trinajstić information content (AvgIpc) is 2.40. The largest absolute Gasteiger partial charge is 0.328 e.